The van der Waals surface area contributed by atoms with Gasteiger partial charge in [0.25, 0.3) is 0 Å². The average Bonchev–Trinajstić information content (AvgIpc) is 3.14. The molecule has 0 aromatic heterocycles. The molecule has 7 heteroatoms. The second-order valence-corrected chi connectivity index (χ2v) is 7.55. The van der Waals surface area contributed by atoms with Gasteiger partial charge in [0.2, 0.25) is 5.91 Å². The highest BCUT2D eigenvalue weighted by atomic mass is 79.9. The van der Waals surface area contributed by atoms with Crippen molar-refractivity contribution in [2.45, 2.75) is 23.8 Å². The van der Waals surface area contributed by atoms with E-state index in [0.717, 1.165) is 12.8 Å². The van der Waals surface area contributed by atoms with E-state index in [0.29, 0.717) is 4.47 Å². The lowest BCUT2D eigenvalue weighted by molar-refractivity contribution is -0.127. The summed E-state index contributed by atoms with van der Waals surface area (Å²) in [6, 6.07) is 4.79. The molecular formula is C12H15BrN2O3S. The Hall–Kier alpha value is -1.08. The number of carbonyl (C=O) groups is 1. The minimum atomic E-state index is -3.71. The molecule has 1 aromatic carbocycles. The van der Waals surface area contributed by atoms with Crippen LogP contribution in [0.5, 0.6) is 0 Å². The number of benzene rings is 1. The number of sulfone groups is 1. The highest BCUT2D eigenvalue weighted by molar-refractivity contribution is 9.10. The normalized spacial score (nSPS) is 15.3. The molecule has 1 aliphatic rings. The predicted molar refractivity (Wildman–Crippen MR) is 76.4 cm³/mol. The van der Waals surface area contributed by atoms with Gasteiger partial charge >= 0.3 is 0 Å². The molecule has 19 heavy (non-hydrogen) atoms. The fraction of sp³-hybridized carbons (Fsp3) is 0.417. The van der Waals surface area contributed by atoms with Crippen LogP contribution in [0.4, 0.5) is 5.69 Å². The summed E-state index contributed by atoms with van der Waals surface area (Å²) in [5, 5.41) is 0. The average molecular weight is 347 g/mol. The molecule has 0 aliphatic heterocycles. The molecular weight excluding hydrogens is 332 g/mol. The molecule has 2 rings (SSSR count). The fourth-order valence-corrected chi connectivity index (χ4v) is 3.72. The van der Waals surface area contributed by atoms with Crippen LogP contribution in [0.25, 0.3) is 0 Å². The van der Waals surface area contributed by atoms with Gasteiger partial charge in [-0.25, -0.2) is 8.42 Å². The number of hydrogen-bond acceptors (Lipinski definition) is 4. The topological polar surface area (TPSA) is 80.5 Å². The summed E-state index contributed by atoms with van der Waals surface area (Å²) in [7, 11) is -2.07. The van der Waals surface area contributed by atoms with Gasteiger partial charge in [-0.1, -0.05) is 15.9 Å². The highest BCUT2D eigenvalue weighted by Gasteiger charge is 2.32. The second kappa shape index (κ2) is 5.13. The molecule has 0 spiro atoms. The van der Waals surface area contributed by atoms with E-state index in [2.05, 4.69) is 15.9 Å². The molecule has 1 aromatic rings. The van der Waals surface area contributed by atoms with Crippen molar-refractivity contribution in [3.05, 3.63) is 22.7 Å². The first-order chi connectivity index (χ1) is 8.81. The molecule has 1 aliphatic carbocycles. The zero-order valence-electron chi connectivity index (χ0n) is 10.5. The minimum absolute atomic E-state index is 0.000535. The Morgan fingerprint density at radius 2 is 2.11 bits per heavy atom. The largest absolute Gasteiger partial charge is 0.398 e. The number of amides is 1. The first-order valence-corrected chi connectivity index (χ1v) is 8.29. The van der Waals surface area contributed by atoms with E-state index in [1.807, 2.05) is 0 Å². The number of carbonyl (C=O) groups excluding carboxylic acids is 1. The molecule has 1 saturated carbocycles. The van der Waals surface area contributed by atoms with E-state index in [1.165, 1.54) is 17.0 Å². The lowest BCUT2D eigenvalue weighted by Gasteiger charge is -2.16. The molecule has 0 atom stereocenters. The predicted octanol–water partition coefficient (Wildman–Crippen LogP) is 1.43. The van der Waals surface area contributed by atoms with Gasteiger partial charge in [0.1, 0.15) is 5.75 Å². The first-order valence-electron chi connectivity index (χ1n) is 5.85. The summed E-state index contributed by atoms with van der Waals surface area (Å²) in [5.74, 6) is -0.928. The van der Waals surface area contributed by atoms with E-state index in [4.69, 9.17) is 5.73 Å². The fourth-order valence-electron chi connectivity index (χ4n) is 1.79. The molecule has 1 fully saturated rings. The van der Waals surface area contributed by atoms with Crippen molar-refractivity contribution in [1.82, 2.24) is 4.90 Å². The summed E-state index contributed by atoms with van der Waals surface area (Å²) in [5.41, 5.74) is 5.83. The third kappa shape index (κ3) is 3.27. The zero-order valence-corrected chi connectivity index (χ0v) is 12.9. The van der Waals surface area contributed by atoms with Gasteiger partial charge in [-0.15, -0.1) is 0 Å². The summed E-state index contributed by atoms with van der Waals surface area (Å²) in [6.07, 6.45) is 1.89. The number of nitrogens with two attached hydrogens (primary N) is 1. The minimum Gasteiger partial charge on any atom is -0.398 e. The second-order valence-electron chi connectivity index (χ2n) is 4.68. The molecule has 5 nitrogen and oxygen atoms in total. The molecule has 2 N–H and O–H groups in total. The maximum Gasteiger partial charge on any atom is 0.238 e. The summed E-state index contributed by atoms with van der Waals surface area (Å²) in [4.78, 5) is 13.4. The van der Waals surface area contributed by atoms with E-state index < -0.39 is 15.6 Å². The van der Waals surface area contributed by atoms with Crippen LogP contribution in [0.2, 0.25) is 0 Å². The highest BCUT2D eigenvalue weighted by Crippen LogP contribution is 2.27. The van der Waals surface area contributed by atoms with Crippen LogP contribution < -0.4 is 5.73 Å². The lowest BCUT2D eigenvalue weighted by Crippen LogP contribution is -2.34. The van der Waals surface area contributed by atoms with Crippen LogP contribution in [0, 0.1) is 0 Å². The van der Waals surface area contributed by atoms with E-state index in [-0.39, 0.29) is 22.5 Å². The maximum atomic E-state index is 12.2. The van der Waals surface area contributed by atoms with Crippen molar-refractivity contribution in [2.75, 3.05) is 18.5 Å². The number of anilines is 1. The van der Waals surface area contributed by atoms with Gasteiger partial charge in [0.15, 0.2) is 9.84 Å². The van der Waals surface area contributed by atoms with Gasteiger partial charge in [-0.2, -0.15) is 0 Å². The Labute approximate surface area is 120 Å². The van der Waals surface area contributed by atoms with Crippen molar-refractivity contribution < 1.29 is 13.2 Å². The maximum absolute atomic E-state index is 12.2. The Balaban J connectivity index is 2.22. The van der Waals surface area contributed by atoms with Gasteiger partial charge in [-0.05, 0) is 31.0 Å². The number of nitrogen functional groups attached to an aromatic ring is 1. The number of hydrogen-bond donors (Lipinski definition) is 1. The Kier molecular flexibility index (Phi) is 3.87. The van der Waals surface area contributed by atoms with Crippen LogP contribution >= 0.6 is 15.9 Å². The smallest absolute Gasteiger partial charge is 0.238 e. The molecule has 0 bridgehead atoms. The SMILES string of the molecule is CN(C(=O)CS(=O)(=O)c1cc(Br)ccc1N)C1CC1. The Bertz CT molecular complexity index is 611. The summed E-state index contributed by atoms with van der Waals surface area (Å²) >= 11 is 3.20. The number of nitrogens with zero attached hydrogens (tertiary/aromatic N) is 1. The van der Waals surface area contributed by atoms with Crippen LogP contribution in [-0.2, 0) is 14.6 Å². The van der Waals surface area contributed by atoms with Crippen LogP contribution in [-0.4, -0.2) is 38.1 Å². The molecule has 0 saturated heterocycles. The monoisotopic (exact) mass is 346 g/mol. The van der Waals surface area contributed by atoms with Gasteiger partial charge < -0.3 is 10.6 Å². The third-order valence-corrected chi connectivity index (χ3v) is 5.26. The number of halogens is 1. The van der Waals surface area contributed by atoms with Crippen molar-refractivity contribution in [3.8, 4) is 0 Å². The van der Waals surface area contributed by atoms with E-state index >= 15 is 0 Å². The van der Waals surface area contributed by atoms with Crippen molar-refractivity contribution in [2.24, 2.45) is 0 Å². The Morgan fingerprint density at radius 3 is 2.68 bits per heavy atom. The number of rotatable bonds is 4. The first kappa shape index (κ1) is 14.3. The molecule has 104 valence electrons. The zero-order chi connectivity index (χ0) is 14.2. The quantitative estimate of drug-likeness (QED) is 0.836. The van der Waals surface area contributed by atoms with Crippen LogP contribution in [0.15, 0.2) is 27.6 Å². The van der Waals surface area contributed by atoms with Crippen LogP contribution in [0.1, 0.15) is 12.8 Å². The lowest BCUT2D eigenvalue weighted by atomic mass is 10.3. The molecule has 0 heterocycles. The summed E-state index contributed by atoms with van der Waals surface area (Å²) in [6.45, 7) is 0. The van der Waals surface area contributed by atoms with Crippen LogP contribution in [0.3, 0.4) is 0 Å². The molecule has 0 radical (unpaired) electrons. The van der Waals surface area contributed by atoms with E-state index in [9.17, 15) is 13.2 Å². The molecule has 1 amide bonds. The third-order valence-electron chi connectivity index (χ3n) is 3.11. The van der Waals surface area contributed by atoms with Gasteiger partial charge in [-0.3, -0.25) is 4.79 Å². The van der Waals surface area contributed by atoms with Crippen molar-refractivity contribution >= 4 is 37.4 Å². The van der Waals surface area contributed by atoms with Gasteiger partial charge in [0, 0.05) is 17.6 Å². The Morgan fingerprint density at radius 1 is 1.47 bits per heavy atom. The standard InChI is InChI=1S/C12H15BrN2O3S/c1-15(9-3-4-9)12(16)7-19(17,18)11-6-8(13)2-5-10(11)14/h2,5-6,9H,3-4,7,14H2,1H3. The van der Waals surface area contributed by atoms with Crippen molar-refractivity contribution in [1.29, 1.82) is 0 Å². The molecule has 0 unspecified atom stereocenters. The van der Waals surface area contributed by atoms with E-state index in [1.54, 1.807) is 13.1 Å². The summed E-state index contributed by atoms with van der Waals surface area (Å²) < 4.78 is 25.0. The van der Waals surface area contributed by atoms with Gasteiger partial charge in [0.05, 0.1) is 10.6 Å². The van der Waals surface area contributed by atoms with Crippen molar-refractivity contribution in [3.63, 3.8) is 0 Å².